The number of hydrogen-bond donors (Lipinski definition) is 1. The highest BCUT2D eigenvalue weighted by atomic mass is 35.6. The summed E-state index contributed by atoms with van der Waals surface area (Å²) in [6.07, 6.45) is 0. The third-order valence-electron chi connectivity index (χ3n) is 2.99. The van der Waals surface area contributed by atoms with Crippen molar-refractivity contribution >= 4 is 92.0 Å². The van der Waals surface area contributed by atoms with Gasteiger partial charge in [0.25, 0.3) is 0 Å². The van der Waals surface area contributed by atoms with Crippen LogP contribution in [0, 0.1) is 0 Å². The monoisotopic (exact) mass is 424 g/mol. The van der Waals surface area contributed by atoms with Crippen molar-refractivity contribution in [2.75, 3.05) is 0 Å². The van der Waals surface area contributed by atoms with E-state index in [1.807, 2.05) is 12.1 Å². The fraction of sp³-hybridized carbons (Fsp3) is 0.231. The fourth-order valence-corrected chi connectivity index (χ4v) is 3.36. The smallest absolute Gasteiger partial charge is 0.226 e. The Morgan fingerprint density at radius 3 is 1.90 bits per heavy atom. The minimum absolute atomic E-state index is 0.0425. The first-order chi connectivity index (χ1) is 9.50. The van der Waals surface area contributed by atoms with Gasteiger partial charge in [0.15, 0.2) is 4.33 Å². The summed E-state index contributed by atoms with van der Waals surface area (Å²) < 4.78 is -6.44. The van der Waals surface area contributed by atoms with Crippen molar-refractivity contribution in [3.63, 3.8) is 0 Å². The predicted molar refractivity (Wildman–Crippen MR) is 93.7 cm³/mol. The minimum Gasteiger partial charge on any atom is -0.507 e. The molecule has 21 heavy (non-hydrogen) atoms. The fourth-order valence-electron chi connectivity index (χ4n) is 1.86. The summed E-state index contributed by atoms with van der Waals surface area (Å²) in [7, 11) is 0. The number of alkyl halides is 7. The van der Waals surface area contributed by atoms with Crippen molar-refractivity contribution in [2.24, 2.45) is 0 Å². The first-order valence-corrected chi connectivity index (χ1v) is 8.18. The Morgan fingerprint density at radius 1 is 0.762 bits per heavy atom. The number of rotatable bonds is 2. The number of halogens is 7. The summed E-state index contributed by atoms with van der Waals surface area (Å²) in [4.78, 5) is 0. The Morgan fingerprint density at radius 2 is 1.33 bits per heavy atom. The Bertz CT molecular complexity index is 676. The zero-order valence-electron chi connectivity index (χ0n) is 10.1. The van der Waals surface area contributed by atoms with E-state index in [-0.39, 0.29) is 11.3 Å². The molecule has 0 aromatic heterocycles. The topological polar surface area (TPSA) is 20.2 Å². The number of phenolic OH excluding ortho intramolecular Hbond substituents is 1. The highest BCUT2D eigenvalue weighted by Gasteiger charge is 2.61. The lowest BCUT2D eigenvalue weighted by atomic mass is 10.0. The van der Waals surface area contributed by atoms with Gasteiger partial charge in [0.05, 0.1) is 0 Å². The van der Waals surface area contributed by atoms with Crippen molar-refractivity contribution in [1.29, 1.82) is 0 Å². The maximum absolute atomic E-state index is 10.4. The molecule has 0 bridgehead atoms. The number of phenols is 1. The summed E-state index contributed by atoms with van der Waals surface area (Å²) in [5.74, 6) is -0.182. The van der Waals surface area contributed by atoms with Gasteiger partial charge in [0.1, 0.15) is 5.75 Å². The highest BCUT2D eigenvalue weighted by molar-refractivity contribution is 6.78. The molecule has 0 saturated carbocycles. The molecular weight excluding hydrogens is 420 g/mol. The SMILES string of the molecule is Oc1c(C(Cl)(Cl)C(Cl)(Cl)C(Cl)(Cl)Cl)ccc2ccccc12. The summed E-state index contributed by atoms with van der Waals surface area (Å²) in [6.45, 7) is 0. The van der Waals surface area contributed by atoms with Crippen LogP contribution >= 0.6 is 81.2 Å². The van der Waals surface area contributed by atoms with Crippen LogP contribution in [0.2, 0.25) is 0 Å². The molecule has 1 N–H and O–H groups in total. The van der Waals surface area contributed by atoms with Gasteiger partial charge in [0, 0.05) is 10.9 Å². The largest absolute Gasteiger partial charge is 0.507 e. The second-order valence-corrected chi connectivity index (χ2v) is 9.27. The summed E-state index contributed by atoms with van der Waals surface area (Å²) in [5, 5.41) is 11.7. The number of fused-ring (bicyclic) bond motifs is 1. The molecule has 0 aliphatic heterocycles. The maximum atomic E-state index is 10.4. The van der Waals surface area contributed by atoms with Crippen LogP contribution in [-0.2, 0) is 4.33 Å². The van der Waals surface area contributed by atoms with Crippen molar-refractivity contribution in [3.8, 4) is 5.75 Å². The Hall–Kier alpha value is 0.530. The third-order valence-corrected chi connectivity index (χ3v) is 6.92. The summed E-state index contributed by atoms with van der Waals surface area (Å²) >= 11 is 41.8. The van der Waals surface area contributed by atoms with Crippen LogP contribution in [0.1, 0.15) is 5.56 Å². The van der Waals surface area contributed by atoms with Gasteiger partial charge in [-0.3, -0.25) is 0 Å². The Kier molecular flexibility index (Phi) is 5.00. The Labute approximate surface area is 156 Å². The maximum Gasteiger partial charge on any atom is 0.226 e. The van der Waals surface area contributed by atoms with E-state index in [1.165, 1.54) is 6.07 Å². The van der Waals surface area contributed by atoms with Crippen LogP contribution < -0.4 is 0 Å². The molecule has 2 aromatic rings. The zero-order valence-corrected chi connectivity index (χ0v) is 15.3. The molecule has 0 unspecified atom stereocenters. The first-order valence-electron chi connectivity index (χ1n) is 5.53. The van der Waals surface area contributed by atoms with E-state index in [9.17, 15) is 5.11 Å². The van der Waals surface area contributed by atoms with E-state index in [0.717, 1.165) is 5.39 Å². The number of hydrogen-bond acceptors (Lipinski definition) is 1. The van der Waals surface area contributed by atoms with Gasteiger partial charge in [-0.25, -0.2) is 0 Å². The van der Waals surface area contributed by atoms with E-state index in [0.29, 0.717) is 5.39 Å². The normalized spacial score (nSPS) is 13.7. The molecule has 0 fully saturated rings. The average Bonchev–Trinajstić information content (AvgIpc) is 2.37. The second-order valence-electron chi connectivity index (χ2n) is 4.33. The highest BCUT2D eigenvalue weighted by Crippen LogP contribution is 2.62. The molecule has 1 nitrogen and oxygen atoms in total. The van der Waals surface area contributed by atoms with Gasteiger partial charge in [-0.15, -0.1) is 0 Å². The quantitative estimate of drug-likeness (QED) is 0.528. The summed E-state index contributed by atoms with van der Waals surface area (Å²) in [5.41, 5.74) is 0.0425. The van der Waals surface area contributed by atoms with E-state index in [4.69, 9.17) is 81.2 Å². The molecule has 0 spiro atoms. The molecule has 0 heterocycles. The first kappa shape index (κ1) is 17.9. The van der Waals surface area contributed by atoms with E-state index in [1.54, 1.807) is 18.2 Å². The molecule has 8 heteroatoms. The van der Waals surface area contributed by atoms with Crippen LogP contribution in [0.25, 0.3) is 10.8 Å². The van der Waals surface area contributed by atoms with Gasteiger partial charge in [-0.2, -0.15) is 0 Å². The molecule has 0 amide bonds. The molecule has 0 radical (unpaired) electrons. The van der Waals surface area contributed by atoms with Crippen molar-refractivity contribution in [3.05, 3.63) is 42.0 Å². The third kappa shape index (κ3) is 2.99. The lowest BCUT2D eigenvalue weighted by Gasteiger charge is -2.38. The molecule has 2 rings (SSSR count). The molecule has 0 atom stereocenters. The van der Waals surface area contributed by atoms with Crippen LogP contribution in [-0.4, -0.2) is 13.2 Å². The van der Waals surface area contributed by atoms with Crippen molar-refractivity contribution < 1.29 is 5.11 Å². The van der Waals surface area contributed by atoms with E-state index in [2.05, 4.69) is 0 Å². The molecule has 114 valence electrons. The lowest BCUT2D eigenvalue weighted by molar-refractivity contribution is 0.468. The van der Waals surface area contributed by atoms with Crippen molar-refractivity contribution in [1.82, 2.24) is 0 Å². The van der Waals surface area contributed by atoms with E-state index < -0.39 is 12.5 Å². The molecule has 2 aromatic carbocycles. The minimum atomic E-state index is -2.20. The van der Waals surface area contributed by atoms with Crippen LogP contribution in [0.15, 0.2) is 36.4 Å². The molecule has 0 aliphatic carbocycles. The van der Waals surface area contributed by atoms with Crippen LogP contribution in [0.5, 0.6) is 5.75 Å². The molecular formula is C13H7Cl7O. The zero-order chi connectivity index (χ0) is 16.1. The second kappa shape index (κ2) is 5.87. The Balaban J connectivity index is 2.68. The van der Waals surface area contributed by atoms with Gasteiger partial charge >= 0.3 is 0 Å². The van der Waals surface area contributed by atoms with Gasteiger partial charge in [-0.05, 0) is 5.39 Å². The molecule has 0 aliphatic rings. The lowest BCUT2D eigenvalue weighted by Crippen LogP contribution is -2.45. The van der Waals surface area contributed by atoms with Gasteiger partial charge < -0.3 is 5.11 Å². The van der Waals surface area contributed by atoms with Crippen molar-refractivity contribution in [2.45, 2.75) is 12.5 Å². The standard InChI is InChI=1S/C13H7Cl7O/c14-11(15,12(16,17)13(18,19)20)9-6-5-7-3-1-2-4-8(7)10(9)21/h1-6,21H. The summed E-state index contributed by atoms with van der Waals surface area (Å²) in [6, 6.07) is 10.3. The average molecular weight is 427 g/mol. The van der Waals surface area contributed by atoms with Crippen LogP contribution in [0.4, 0.5) is 0 Å². The number of aromatic hydroxyl groups is 1. The molecule has 0 saturated heterocycles. The predicted octanol–water partition coefficient (Wildman–Crippen LogP) is 6.72. The van der Waals surface area contributed by atoms with Crippen LogP contribution in [0.3, 0.4) is 0 Å². The number of benzene rings is 2. The van der Waals surface area contributed by atoms with Gasteiger partial charge in [-0.1, -0.05) is 118 Å². The van der Waals surface area contributed by atoms with E-state index >= 15 is 0 Å². The van der Waals surface area contributed by atoms with Gasteiger partial charge in [0.2, 0.25) is 8.13 Å².